The van der Waals surface area contributed by atoms with E-state index in [4.69, 9.17) is 10.5 Å². The molecule has 0 saturated carbocycles. The number of amides is 1. The largest absolute Gasteiger partial charge is 0.364 e. The zero-order valence-corrected chi connectivity index (χ0v) is 12.7. The van der Waals surface area contributed by atoms with Crippen molar-refractivity contribution in [2.24, 2.45) is 5.73 Å². The van der Waals surface area contributed by atoms with Gasteiger partial charge in [0.05, 0.1) is 12.1 Å². The van der Waals surface area contributed by atoms with Crippen molar-refractivity contribution < 1.29 is 13.9 Å². The van der Waals surface area contributed by atoms with Gasteiger partial charge in [-0.15, -0.1) is 0 Å². The number of nitrogens with two attached hydrogens (primary N) is 1. The Morgan fingerprint density at radius 3 is 2.68 bits per heavy atom. The fourth-order valence-corrected chi connectivity index (χ4v) is 3.47. The number of hydrogen-bond acceptors (Lipinski definition) is 3. The molecule has 0 bridgehead atoms. The van der Waals surface area contributed by atoms with Crippen molar-refractivity contribution in [1.82, 2.24) is 4.90 Å². The highest BCUT2D eigenvalue weighted by atomic mass is 19.1. The summed E-state index contributed by atoms with van der Waals surface area (Å²) in [6, 6.07) is 6.52. The van der Waals surface area contributed by atoms with E-state index in [-0.39, 0.29) is 30.0 Å². The first-order chi connectivity index (χ1) is 10.7. The molecule has 0 aromatic heterocycles. The molecular weight excluding hydrogens is 283 g/mol. The van der Waals surface area contributed by atoms with Crippen LogP contribution in [0.5, 0.6) is 0 Å². The minimum Gasteiger partial charge on any atom is -0.364 e. The summed E-state index contributed by atoms with van der Waals surface area (Å²) in [5, 5.41) is 0. The van der Waals surface area contributed by atoms with Crippen molar-refractivity contribution in [2.75, 3.05) is 13.1 Å². The topological polar surface area (TPSA) is 55.6 Å². The maximum atomic E-state index is 13.1. The lowest BCUT2D eigenvalue weighted by Crippen LogP contribution is -2.44. The lowest BCUT2D eigenvalue weighted by Gasteiger charge is -2.37. The summed E-state index contributed by atoms with van der Waals surface area (Å²) < 4.78 is 18.9. The Balaban J connectivity index is 1.75. The SMILES string of the molecule is NC[C@H]1CC[C@@H](C(=O)N2CCCCC2c2ccc(F)cc2)O1. The van der Waals surface area contributed by atoms with E-state index in [0.29, 0.717) is 6.54 Å². The first kappa shape index (κ1) is 15.4. The first-order valence-electron chi connectivity index (χ1n) is 8.10. The van der Waals surface area contributed by atoms with Gasteiger partial charge in [-0.05, 0) is 49.8 Å². The van der Waals surface area contributed by atoms with E-state index in [9.17, 15) is 9.18 Å². The molecule has 1 aromatic carbocycles. The fourth-order valence-electron chi connectivity index (χ4n) is 3.47. The molecule has 2 saturated heterocycles. The van der Waals surface area contributed by atoms with Crippen LogP contribution in [0, 0.1) is 5.82 Å². The van der Waals surface area contributed by atoms with Crippen LogP contribution in [0.1, 0.15) is 43.7 Å². The Morgan fingerprint density at radius 1 is 1.23 bits per heavy atom. The highest BCUT2D eigenvalue weighted by Crippen LogP contribution is 2.33. The number of ether oxygens (including phenoxy) is 1. The number of halogens is 1. The molecule has 2 heterocycles. The van der Waals surface area contributed by atoms with Gasteiger partial charge in [0.15, 0.2) is 0 Å². The number of carbonyl (C=O) groups is 1. The van der Waals surface area contributed by atoms with Crippen LogP contribution in [0.25, 0.3) is 0 Å². The molecular formula is C17H23FN2O2. The van der Waals surface area contributed by atoms with Gasteiger partial charge in [0, 0.05) is 13.1 Å². The average Bonchev–Trinajstić information content (AvgIpc) is 3.04. The fraction of sp³-hybridized carbons (Fsp3) is 0.588. The minimum atomic E-state index is -0.366. The lowest BCUT2D eigenvalue weighted by molar-refractivity contribution is -0.146. The molecule has 0 spiro atoms. The highest BCUT2D eigenvalue weighted by Gasteiger charge is 2.36. The van der Waals surface area contributed by atoms with E-state index in [1.54, 1.807) is 12.1 Å². The van der Waals surface area contributed by atoms with Gasteiger partial charge in [-0.1, -0.05) is 12.1 Å². The third-order valence-electron chi connectivity index (χ3n) is 4.69. The van der Waals surface area contributed by atoms with Crippen LogP contribution in [0.2, 0.25) is 0 Å². The van der Waals surface area contributed by atoms with Crippen molar-refractivity contribution in [3.63, 3.8) is 0 Å². The Morgan fingerprint density at radius 2 is 2.00 bits per heavy atom. The maximum Gasteiger partial charge on any atom is 0.252 e. The molecule has 2 aliphatic heterocycles. The number of piperidine rings is 1. The van der Waals surface area contributed by atoms with E-state index in [2.05, 4.69) is 0 Å². The van der Waals surface area contributed by atoms with Gasteiger partial charge >= 0.3 is 0 Å². The van der Waals surface area contributed by atoms with Crippen LogP contribution < -0.4 is 5.73 Å². The number of rotatable bonds is 3. The van der Waals surface area contributed by atoms with Crippen LogP contribution in [0.3, 0.4) is 0 Å². The Bertz CT molecular complexity index is 520. The van der Waals surface area contributed by atoms with Crippen molar-refractivity contribution in [3.8, 4) is 0 Å². The molecule has 5 heteroatoms. The monoisotopic (exact) mass is 306 g/mol. The Labute approximate surface area is 130 Å². The van der Waals surface area contributed by atoms with Gasteiger partial charge in [-0.3, -0.25) is 4.79 Å². The second kappa shape index (κ2) is 6.75. The van der Waals surface area contributed by atoms with Crippen molar-refractivity contribution in [1.29, 1.82) is 0 Å². The summed E-state index contributed by atoms with van der Waals surface area (Å²) in [4.78, 5) is 14.7. The second-order valence-corrected chi connectivity index (χ2v) is 6.15. The third-order valence-corrected chi connectivity index (χ3v) is 4.69. The summed E-state index contributed by atoms with van der Waals surface area (Å²) in [5.74, 6) is -0.188. The predicted molar refractivity (Wildman–Crippen MR) is 81.7 cm³/mol. The molecule has 1 unspecified atom stereocenters. The molecule has 22 heavy (non-hydrogen) atoms. The van der Waals surface area contributed by atoms with Crippen molar-refractivity contribution in [2.45, 2.75) is 50.4 Å². The molecule has 2 aliphatic rings. The summed E-state index contributed by atoms with van der Waals surface area (Å²) in [5.41, 5.74) is 6.62. The normalized spacial score (nSPS) is 28.8. The summed E-state index contributed by atoms with van der Waals surface area (Å²) >= 11 is 0. The zero-order chi connectivity index (χ0) is 15.5. The number of carbonyl (C=O) groups excluding carboxylic acids is 1. The standard InChI is InChI=1S/C17H23FN2O2/c18-13-6-4-12(5-7-13)15-3-1-2-10-20(15)17(21)16-9-8-14(11-19)22-16/h4-7,14-16H,1-3,8-11,19H2/t14-,15?,16+/m1/s1. The Hall–Kier alpha value is -1.46. The van der Waals surface area contributed by atoms with E-state index in [1.165, 1.54) is 12.1 Å². The minimum absolute atomic E-state index is 0.00279. The molecule has 2 N–H and O–H groups in total. The molecule has 1 aromatic rings. The van der Waals surface area contributed by atoms with E-state index >= 15 is 0 Å². The number of benzene rings is 1. The van der Waals surface area contributed by atoms with Gasteiger partial charge in [0.1, 0.15) is 11.9 Å². The molecule has 0 radical (unpaired) electrons. The number of likely N-dealkylation sites (tertiary alicyclic amines) is 1. The maximum absolute atomic E-state index is 13.1. The van der Waals surface area contributed by atoms with Crippen LogP contribution in [-0.4, -0.2) is 36.1 Å². The van der Waals surface area contributed by atoms with E-state index < -0.39 is 0 Å². The average molecular weight is 306 g/mol. The van der Waals surface area contributed by atoms with Crippen molar-refractivity contribution in [3.05, 3.63) is 35.6 Å². The van der Waals surface area contributed by atoms with Crippen molar-refractivity contribution >= 4 is 5.91 Å². The number of hydrogen-bond donors (Lipinski definition) is 1. The van der Waals surface area contributed by atoms with Gasteiger partial charge in [0.2, 0.25) is 0 Å². The van der Waals surface area contributed by atoms with Crippen LogP contribution in [0.15, 0.2) is 24.3 Å². The van der Waals surface area contributed by atoms with Gasteiger partial charge in [-0.2, -0.15) is 0 Å². The number of nitrogens with zero attached hydrogens (tertiary/aromatic N) is 1. The van der Waals surface area contributed by atoms with E-state index in [1.807, 2.05) is 4.90 Å². The van der Waals surface area contributed by atoms with Gasteiger partial charge in [0.25, 0.3) is 5.91 Å². The zero-order valence-electron chi connectivity index (χ0n) is 12.7. The van der Waals surface area contributed by atoms with E-state index in [0.717, 1.165) is 44.2 Å². The van der Waals surface area contributed by atoms with Gasteiger partial charge < -0.3 is 15.4 Å². The Kier molecular flexibility index (Phi) is 4.74. The van der Waals surface area contributed by atoms with Crippen LogP contribution >= 0.6 is 0 Å². The molecule has 3 atom stereocenters. The molecule has 120 valence electrons. The summed E-state index contributed by atoms with van der Waals surface area (Å²) in [6.45, 7) is 1.21. The molecule has 1 amide bonds. The molecule has 4 nitrogen and oxygen atoms in total. The summed E-state index contributed by atoms with van der Waals surface area (Å²) in [7, 11) is 0. The second-order valence-electron chi connectivity index (χ2n) is 6.15. The quantitative estimate of drug-likeness (QED) is 0.933. The van der Waals surface area contributed by atoms with Crippen LogP contribution in [-0.2, 0) is 9.53 Å². The lowest BCUT2D eigenvalue weighted by atomic mass is 9.94. The molecule has 3 rings (SSSR count). The molecule has 0 aliphatic carbocycles. The predicted octanol–water partition coefficient (Wildman–Crippen LogP) is 2.39. The first-order valence-corrected chi connectivity index (χ1v) is 8.10. The smallest absolute Gasteiger partial charge is 0.252 e. The highest BCUT2D eigenvalue weighted by molar-refractivity contribution is 5.81. The summed E-state index contributed by atoms with van der Waals surface area (Å²) in [6.07, 6.45) is 4.25. The third kappa shape index (κ3) is 3.15. The molecule has 2 fully saturated rings. The van der Waals surface area contributed by atoms with Gasteiger partial charge in [-0.25, -0.2) is 4.39 Å². The van der Waals surface area contributed by atoms with Crippen LogP contribution in [0.4, 0.5) is 4.39 Å².